The second-order valence-electron chi connectivity index (χ2n) is 7.43. The Balaban J connectivity index is 2.40. The molecule has 2 rings (SSSR count). The molecule has 7 heteroatoms. The van der Waals surface area contributed by atoms with E-state index in [1.165, 1.54) is 0 Å². The Bertz CT molecular complexity index is 694. The highest BCUT2D eigenvalue weighted by Gasteiger charge is 2.28. The van der Waals surface area contributed by atoms with Gasteiger partial charge in [0.1, 0.15) is 5.75 Å². The summed E-state index contributed by atoms with van der Waals surface area (Å²) in [6.45, 7) is 9.48. The first-order valence-electron chi connectivity index (χ1n) is 8.67. The van der Waals surface area contributed by atoms with Gasteiger partial charge in [-0.2, -0.15) is 0 Å². The number of ether oxygens (including phenoxy) is 1. The van der Waals surface area contributed by atoms with Crippen LogP contribution in [0, 0.1) is 5.92 Å². The van der Waals surface area contributed by atoms with Crippen LogP contribution in [0.2, 0.25) is 10.0 Å². The summed E-state index contributed by atoms with van der Waals surface area (Å²) >= 11 is 14.0. The third kappa shape index (κ3) is 5.54. The zero-order valence-electron chi connectivity index (χ0n) is 15.9. The second-order valence-corrected chi connectivity index (χ2v) is 9.83. The number of carbonyl (C=O) groups is 1. The van der Waals surface area contributed by atoms with Gasteiger partial charge in [-0.1, -0.05) is 23.2 Å². The van der Waals surface area contributed by atoms with Crippen LogP contribution in [0.3, 0.4) is 0 Å². The van der Waals surface area contributed by atoms with E-state index in [1.807, 2.05) is 11.0 Å². The quantitative estimate of drug-likeness (QED) is 0.480. The minimum atomic E-state index is -0.00517. The number of halogens is 2. The number of rotatable bonds is 4. The first kappa shape index (κ1) is 21.4. The van der Waals surface area contributed by atoms with E-state index in [0.717, 1.165) is 37.2 Å². The fourth-order valence-electron chi connectivity index (χ4n) is 2.90. The molecular weight excluding hydrogens is 391 g/mol. The van der Waals surface area contributed by atoms with Crippen LogP contribution in [-0.4, -0.2) is 41.5 Å². The minimum absolute atomic E-state index is 0.00517. The summed E-state index contributed by atoms with van der Waals surface area (Å²) in [7, 11) is 1.62. The average molecular weight is 417 g/mol. The number of likely N-dealkylation sites (tertiary alicyclic amines) is 1. The van der Waals surface area contributed by atoms with Crippen LogP contribution in [0.25, 0.3) is 0 Å². The zero-order valence-corrected chi connectivity index (χ0v) is 18.3. The number of methoxy groups -OCH3 is 1. The molecule has 4 nitrogen and oxygen atoms in total. The molecule has 0 bridgehead atoms. The number of carbonyl (C=O) groups excluding carboxylic acids is 1. The standard InChI is InChI=1S/C19H26Cl2N2O2S/c1-12(24)23-8-6-13(7-9-23)18(22-26-19(2,3)4)14-10-15(20)16(21)11-17(14)25-5/h10-11,13H,6-9H2,1-5H3. The molecule has 0 saturated carbocycles. The van der Waals surface area contributed by atoms with Gasteiger partial charge in [-0.25, -0.2) is 4.40 Å². The van der Waals surface area contributed by atoms with Crippen molar-refractivity contribution in [2.45, 2.75) is 45.3 Å². The topological polar surface area (TPSA) is 41.9 Å². The molecule has 1 aliphatic heterocycles. The summed E-state index contributed by atoms with van der Waals surface area (Å²) < 4.78 is 10.4. The van der Waals surface area contributed by atoms with E-state index >= 15 is 0 Å². The van der Waals surface area contributed by atoms with Gasteiger partial charge < -0.3 is 9.64 Å². The van der Waals surface area contributed by atoms with Gasteiger partial charge >= 0.3 is 0 Å². The van der Waals surface area contributed by atoms with Gasteiger partial charge in [0.25, 0.3) is 0 Å². The molecular formula is C19H26Cl2N2O2S. The normalized spacial score (nSPS) is 16.7. The van der Waals surface area contributed by atoms with Crippen molar-refractivity contribution in [1.82, 2.24) is 4.90 Å². The molecule has 26 heavy (non-hydrogen) atoms. The van der Waals surface area contributed by atoms with Crippen LogP contribution in [0.15, 0.2) is 16.5 Å². The maximum Gasteiger partial charge on any atom is 0.219 e. The Kier molecular flexibility index (Phi) is 7.28. The SMILES string of the molecule is COc1cc(Cl)c(Cl)cc1C(=NSC(C)(C)C)C1CCN(C(C)=O)CC1. The number of benzene rings is 1. The van der Waals surface area contributed by atoms with Gasteiger partial charge in [0, 0.05) is 42.3 Å². The summed E-state index contributed by atoms with van der Waals surface area (Å²) in [6.07, 6.45) is 1.74. The maximum absolute atomic E-state index is 11.6. The third-order valence-corrected chi connectivity index (χ3v) is 5.82. The largest absolute Gasteiger partial charge is 0.496 e. The van der Waals surface area contributed by atoms with Crippen molar-refractivity contribution in [3.05, 3.63) is 27.7 Å². The number of piperidine rings is 1. The van der Waals surface area contributed by atoms with Crippen molar-refractivity contribution < 1.29 is 9.53 Å². The first-order valence-corrected chi connectivity index (χ1v) is 10.2. The van der Waals surface area contributed by atoms with Crippen LogP contribution < -0.4 is 4.74 Å². The van der Waals surface area contributed by atoms with Gasteiger partial charge in [-0.15, -0.1) is 0 Å². The summed E-state index contributed by atoms with van der Waals surface area (Å²) in [5.41, 5.74) is 1.84. The van der Waals surface area contributed by atoms with Crippen molar-refractivity contribution >= 4 is 46.8 Å². The van der Waals surface area contributed by atoms with Crippen molar-refractivity contribution in [3.63, 3.8) is 0 Å². The second kappa shape index (κ2) is 8.85. The molecule has 1 aliphatic rings. The molecule has 144 valence electrons. The molecule has 1 aromatic carbocycles. The lowest BCUT2D eigenvalue weighted by atomic mass is 9.88. The van der Waals surface area contributed by atoms with E-state index in [2.05, 4.69) is 20.8 Å². The molecule has 1 amide bonds. The average Bonchev–Trinajstić information content (AvgIpc) is 2.57. The Labute approximate surface area is 170 Å². The van der Waals surface area contributed by atoms with Gasteiger partial charge in [0.2, 0.25) is 5.91 Å². The van der Waals surface area contributed by atoms with Crippen LogP contribution in [0.5, 0.6) is 5.75 Å². The molecule has 1 heterocycles. The van der Waals surface area contributed by atoms with E-state index in [4.69, 9.17) is 32.3 Å². The van der Waals surface area contributed by atoms with E-state index in [0.29, 0.717) is 15.8 Å². The molecule has 1 fully saturated rings. The third-order valence-electron chi connectivity index (χ3n) is 4.26. The van der Waals surface area contributed by atoms with Gasteiger partial charge in [-0.3, -0.25) is 4.79 Å². The number of hydrogen-bond acceptors (Lipinski definition) is 4. The highest BCUT2D eigenvalue weighted by atomic mass is 35.5. The van der Waals surface area contributed by atoms with Crippen LogP contribution >= 0.6 is 35.1 Å². The predicted molar refractivity (Wildman–Crippen MR) is 112 cm³/mol. The van der Waals surface area contributed by atoms with Gasteiger partial charge in [0.05, 0.1) is 22.9 Å². The summed E-state index contributed by atoms with van der Waals surface area (Å²) in [4.78, 5) is 13.5. The molecule has 0 radical (unpaired) electrons. The monoisotopic (exact) mass is 416 g/mol. The van der Waals surface area contributed by atoms with Crippen LogP contribution in [0.1, 0.15) is 46.1 Å². The number of nitrogens with zero attached hydrogens (tertiary/aromatic N) is 2. The molecule has 0 unspecified atom stereocenters. The zero-order chi connectivity index (χ0) is 19.5. The van der Waals surface area contributed by atoms with Crippen molar-refractivity contribution in [1.29, 1.82) is 0 Å². The number of amides is 1. The molecule has 1 aromatic rings. The Morgan fingerprint density at radius 3 is 2.31 bits per heavy atom. The molecule has 1 saturated heterocycles. The summed E-state index contributed by atoms with van der Waals surface area (Å²) in [6, 6.07) is 3.57. The van der Waals surface area contributed by atoms with E-state index in [1.54, 1.807) is 32.0 Å². The van der Waals surface area contributed by atoms with E-state index < -0.39 is 0 Å². The van der Waals surface area contributed by atoms with Crippen LogP contribution in [-0.2, 0) is 4.79 Å². The van der Waals surface area contributed by atoms with Gasteiger partial charge in [0.15, 0.2) is 0 Å². The highest BCUT2D eigenvalue weighted by molar-refractivity contribution is 7.99. The molecule has 0 N–H and O–H groups in total. The lowest BCUT2D eigenvalue weighted by Crippen LogP contribution is -2.39. The van der Waals surface area contributed by atoms with Crippen molar-refractivity contribution in [3.8, 4) is 5.75 Å². The lowest BCUT2D eigenvalue weighted by Gasteiger charge is -2.32. The van der Waals surface area contributed by atoms with Crippen molar-refractivity contribution in [2.75, 3.05) is 20.2 Å². The summed E-state index contributed by atoms with van der Waals surface area (Å²) in [5.74, 6) is 1.03. The molecule has 0 aliphatic carbocycles. The lowest BCUT2D eigenvalue weighted by molar-refractivity contribution is -0.129. The Morgan fingerprint density at radius 1 is 1.23 bits per heavy atom. The fraction of sp³-hybridized carbons (Fsp3) is 0.579. The minimum Gasteiger partial charge on any atom is -0.496 e. The molecule has 0 atom stereocenters. The van der Waals surface area contributed by atoms with Gasteiger partial charge in [-0.05, 0) is 51.6 Å². The molecule has 0 spiro atoms. The smallest absolute Gasteiger partial charge is 0.219 e. The van der Waals surface area contributed by atoms with Crippen LogP contribution in [0.4, 0.5) is 0 Å². The van der Waals surface area contributed by atoms with E-state index in [9.17, 15) is 4.79 Å². The van der Waals surface area contributed by atoms with Crippen molar-refractivity contribution in [2.24, 2.45) is 10.3 Å². The highest BCUT2D eigenvalue weighted by Crippen LogP contribution is 2.36. The summed E-state index contributed by atoms with van der Waals surface area (Å²) in [5, 5.41) is 0.943. The fourth-order valence-corrected chi connectivity index (χ4v) is 3.83. The van der Waals surface area contributed by atoms with E-state index in [-0.39, 0.29) is 16.6 Å². The number of hydrogen-bond donors (Lipinski definition) is 0. The Morgan fingerprint density at radius 2 is 1.81 bits per heavy atom. The maximum atomic E-state index is 11.6. The predicted octanol–water partition coefficient (Wildman–Crippen LogP) is 5.50. The Hall–Kier alpha value is -0.910. The molecule has 0 aromatic heterocycles. The first-order chi connectivity index (χ1) is 12.1.